The summed E-state index contributed by atoms with van der Waals surface area (Å²) in [5, 5.41) is 3.14. The zero-order chi connectivity index (χ0) is 31.5. The fourth-order valence-corrected chi connectivity index (χ4v) is 6.27. The van der Waals surface area contributed by atoms with Gasteiger partial charge in [0.2, 0.25) is 5.91 Å². The van der Waals surface area contributed by atoms with Gasteiger partial charge in [0, 0.05) is 31.4 Å². The van der Waals surface area contributed by atoms with Crippen LogP contribution >= 0.6 is 0 Å². The first-order valence-electron chi connectivity index (χ1n) is 15.6. The number of anilines is 1. The van der Waals surface area contributed by atoms with Crippen molar-refractivity contribution < 1.29 is 23.5 Å². The van der Waals surface area contributed by atoms with Gasteiger partial charge < -0.3 is 19.9 Å². The molecule has 3 amide bonds. The zero-order valence-corrected chi connectivity index (χ0v) is 26.8. The quantitative estimate of drug-likeness (QED) is 0.394. The molecule has 2 fully saturated rings. The van der Waals surface area contributed by atoms with Crippen molar-refractivity contribution in [2.24, 2.45) is 11.8 Å². The number of carbonyl (C=O) groups excluding carboxylic acids is 3. The van der Waals surface area contributed by atoms with Crippen molar-refractivity contribution >= 4 is 23.6 Å². The lowest BCUT2D eigenvalue weighted by atomic mass is 9.79. The van der Waals surface area contributed by atoms with E-state index in [1.807, 2.05) is 39.0 Å². The molecule has 2 aliphatic rings. The highest BCUT2D eigenvalue weighted by Crippen LogP contribution is 2.35. The van der Waals surface area contributed by atoms with Crippen LogP contribution in [0.5, 0.6) is 0 Å². The maximum atomic E-state index is 15.0. The summed E-state index contributed by atoms with van der Waals surface area (Å²) in [7, 11) is 0. The number of amides is 3. The van der Waals surface area contributed by atoms with E-state index in [1.165, 1.54) is 6.07 Å². The van der Waals surface area contributed by atoms with Crippen LogP contribution in [0.1, 0.15) is 95.1 Å². The molecule has 1 unspecified atom stereocenters. The first-order chi connectivity index (χ1) is 20.1. The van der Waals surface area contributed by atoms with Gasteiger partial charge in [-0.2, -0.15) is 0 Å². The number of rotatable bonds is 5. The van der Waals surface area contributed by atoms with E-state index < -0.39 is 17.3 Å². The fraction of sp³-hybridized carbons (Fsp3) is 0.571. The lowest BCUT2D eigenvalue weighted by Crippen LogP contribution is -2.53. The highest BCUT2D eigenvalue weighted by Gasteiger charge is 2.41. The van der Waals surface area contributed by atoms with E-state index in [1.54, 1.807) is 28.9 Å². The summed E-state index contributed by atoms with van der Waals surface area (Å²) in [5.74, 6) is -1.26. The number of piperidine rings is 2. The molecule has 0 aromatic heterocycles. The van der Waals surface area contributed by atoms with Crippen LogP contribution in [0.3, 0.4) is 0 Å². The number of benzene rings is 2. The summed E-state index contributed by atoms with van der Waals surface area (Å²) >= 11 is 0. The topological polar surface area (TPSA) is 79.0 Å². The van der Waals surface area contributed by atoms with Gasteiger partial charge >= 0.3 is 6.09 Å². The van der Waals surface area contributed by atoms with E-state index in [-0.39, 0.29) is 40.8 Å². The monoisotopic (exact) mass is 593 g/mol. The number of carbonyl (C=O) groups is 3. The van der Waals surface area contributed by atoms with Crippen LogP contribution in [0.25, 0.3) is 0 Å². The smallest absolute Gasteiger partial charge is 0.410 e. The van der Waals surface area contributed by atoms with Crippen molar-refractivity contribution in [3.8, 4) is 0 Å². The largest absolute Gasteiger partial charge is 0.444 e. The average molecular weight is 594 g/mol. The van der Waals surface area contributed by atoms with Crippen LogP contribution in [-0.4, -0.2) is 59.0 Å². The Balaban J connectivity index is 1.57. The molecule has 0 saturated carbocycles. The van der Waals surface area contributed by atoms with Crippen molar-refractivity contribution in [1.82, 2.24) is 9.80 Å². The van der Waals surface area contributed by atoms with E-state index in [2.05, 4.69) is 32.2 Å². The molecule has 2 aliphatic heterocycles. The number of ether oxygens (including phenoxy) is 1. The first-order valence-corrected chi connectivity index (χ1v) is 15.6. The molecule has 234 valence electrons. The molecule has 7 nitrogen and oxygen atoms in total. The predicted octanol–water partition coefficient (Wildman–Crippen LogP) is 7.33. The Hall–Kier alpha value is -3.42. The molecule has 1 N–H and O–H groups in total. The van der Waals surface area contributed by atoms with Crippen LogP contribution in [0.2, 0.25) is 0 Å². The van der Waals surface area contributed by atoms with Gasteiger partial charge in [-0.1, -0.05) is 45.0 Å². The van der Waals surface area contributed by atoms with Gasteiger partial charge in [0.1, 0.15) is 11.4 Å². The van der Waals surface area contributed by atoms with E-state index in [0.29, 0.717) is 44.5 Å². The number of likely N-dealkylation sites (tertiary alicyclic amines) is 2. The summed E-state index contributed by atoms with van der Waals surface area (Å²) in [4.78, 5) is 43.9. The van der Waals surface area contributed by atoms with Crippen LogP contribution in [-0.2, 0) is 14.9 Å². The van der Waals surface area contributed by atoms with Crippen molar-refractivity contribution in [3.63, 3.8) is 0 Å². The Bertz CT molecular complexity index is 1300. The normalized spacial score (nSPS) is 20.1. The predicted molar refractivity (Wildman–Crippen MR) is 168 cm³/mol. The van der Waals surface area contributed by atoms with Gasteiger partial charge in [-0.15, -0.1) is 0 Å². The SMILES string of the molecule is Cc1cccc(F)c1C(=O)N1CCC[C@H](C(=O)Nc2cccc(C(C)(C)C)c2)C1CC1CCN(C(=O)OC(C)(C)C)CC1. The second-order valence-corrected chi connectivity index (χ2v) is 14.2. The Morgan fingerprint density at radius 3 is 2.26 bits per heavy atom. The van der Waals surface area contributed by atoms with Crippen molar-refractivity contribution in [2.45, 2.75) is 97.6 Å². The Morgan fingerprint density at radius 1 is 0.953 bits per heavy atom. The molecule has 2 atom stereocenters. The molecule has 2 heterocycles. The van der Waals surface area contributed by atoms with E-state index in [4.69, 9.17) is 4.74 Å². The third-order valence-corrected chi connectivity index (χ3v) is 8.65. The minimum Gasteiger partial charge on any atom is -0.444 e. The summed E-state index contributed by atoms with van der Waals surface area (Å²) in [6.45, 7) is 15.3. The van der Waals surface area contributed by atoms with E-state index in [9.17, 15) is 18.8 Å². The van der Waals surface area contributed by atoms with Crippen molar-refractivity contribution in [3.05, 3.63) is 65.0 Å². The minimum atomic E-state index is -0.561. The summed E-state index contributed by atoms with van der Waals surface area (Å²) in [6.07, 6.45) is 3.10. The van der Waals surface area contributed by atoms with Crippen LogP contribution in [0, 0.1) is 24.6 Å². The van der Waals surface area contributed by atoms with Crippen LogP contribution < -0.4 is 5.32 Å². The highest BCUT2D eigenvalue weighted by atomic mass is 19.1. The van der Waals surface area contributed by atoms with Gasteiger partial charge in [-0.25, -0.2) is 9.18 Å². The number of hydrogen-bond donors (Lipinski definition) is 1. The van der Waals surface area contributed by atoms with Crippen molar-refractivity contribution in [1.29, 1.82) is 0 Å². The minimum absolute atomic E-state index is 0.0664. The first kappa shape index (κ1) is 32.5. The molecule has 2 aromatic rings. The summed E-state index contributed by atoms with van der Waals surface area (Å²) in [5.41, 5.74) is 1.88. The Morgan fingerprint density at radius 2 is 1.63 bits per heavy atom. The van der Waals surface area contributed by atoms with Crippen molar-refractivity contribution in [2.75, 3.05) is 25.0 Å². The second-order valence-electron chi connectivity index (χ2n) is 14.2. The zero-order valence-electron chi connectivity index (χ0n) is 26.8. The molecule has 4 rings (SSSR count). The summed E-state index contributed by atoms with van der Waals surface area (Å²) < 4.78 is 20.5. The molecule has 2 aromatic carbocycles. The van der Waals surface area contributed by atoms with Gasteiger partial charge in [-0.05, 0) is 100 Å². The Kier molecular flexibility index (Phi) is 9.87. The van der Waals surface area contributed by atoms with Gasteiger partial charge in [0.15, 0.2) is 0 Å². The maximum absolute atomic E-state index is 15.0. The third-order valence-electron chi connectivity index (χ3n) is 8.65. The molecular formula is C35H48FN3O4. The fourth-order valence-electron chi connectivity index (χ4n) is 6.27. The molecule has 2 saturated heterocycles. The lowest BCUT2D eigenvalue weighted by Gasteiger charge is -2.43. The number of nitrogens with one attached hydrogen (secondary N) is 1. The standard InChI is InChI=1S/C35H48FN3O4/c1-23-11-8-15-28(36)30(23)32(41)39-18-10-14-27(31(40)37-26-13-9-12-25(22-26)34(2,3)4)29(39)21-24-16-19-38(20-17-24)33(42)43-35(5,6)7/h8-9,11-13,15,22,24,27,29H,10,14,16-21H2,1-7H3,(H,37,40)/t27-,29?/m0/s1. The number of hydrogen-bond acceptors (Lipinski definition) is 4. The molecule has 0 bridgehead atoms. The lowest BCUT2D eigenvalue weighted by molar-refractivity contribution is -0.123. The molecule has 8 heteroatoms. The molecule has 0 spiro atoms. The number of halogens is 1. The number of nitrogens with zero attached hydrogens (tertiary/aromatic N) is 2. The van der Waals surface area contributed by atoms with Gasteiger partial charge in [-0.3, -0.25) is 9.59 Å². The van der Waals surface area contributed by atoms with Gasteiger partial charge in [0.05, 0.1) is 11.5 Å². The van der Waals surface area contributed by atoms with Crippen LogP contribution in [0.15, 0.2) is 42.5 Å². The third kappa shape index (κ3) is 8.15. The average Bonchev–Trinajstić information content (AvgIpc) is 2.92. The molecule has 0 aliphatic carbocycles. The summed E-state index contributed by atoms with van der Waals surface area (Å²) in [6, 6.07) is 12.2. The molecule has 43 heavy (non-hydrogen) atoms. The van der Waals surface area contributed by atoms with E-state index in [0.717, 1.165) is 24.1 Å². The number of aryl methyl sites for hydroxylation is 1. The highest BCUT2D eigenvalue weighted by molar-refractivity contribution is 5.98. The second kappa shape index (κ2) is 13.1. The molecular weight excluding hydrogens is 545 g/mol. The van der Waals surface area contributed by atoms with E-state index >= 15 is 0 Å². The van der Waals surface area contributed by atoms with Gasteiger partial charge in [0.25, 0.3) is 5.91 Å². The van der Waals surface area contributed by atoms with Crippen LogP contribution in [0.4, 0.5) is 14.9 Å². The molecule has 0 radical (unpaired) electrons. The maximum Gasteiger partial charge on any atom is 0.410 e. The Labute approximate surface area is 256 Å².